The molecule has 0 aliphatic carbocycles. The molecule has 8 nitrogen and oxygen atoms in total. The average Bonchev–Trinajstić information content (AvgIpc) is 1.12. The normalized spacial score (nSPS) is 9.75. The zero-order chi connectivity index (χ0) is 9.00. The van der Waals surface area contributed by atoms with Crippen LogP contribution in [0.25, 0.3) is 0 Å². The quantitative estimate of drug-likeness (QED) is 0.329. The Kier molecular flexibility index (Phi) is 19.5. The van der Waals surface area contributed by atoms with Crippen molar-refractivity contribution < 1.29 is 68.3 Å². The van der Waals surface area contributed by atoms with Crippen molar-refractivity contribution in [3.05, 3.63) is 0 Å². The van der Waals surface area contributed by atoms with E-state index in [1.807, 2.05) is 0 Å². The maximum Gasteiger partial charge on any atom is 2.00 e. The molecule has 64 valence electrons. The standard InChI is InChI=1S/Cr.H3O4P.H2O.3O.Sr.Zn/c;1-5(2,3)4;;;;;;/h;(H3,1,2,3,4);1H2;;;;;/q+1;;;;;-1;2*+2/p-4. The summed E-state index contributed by atoms with van der Waals surface area (Å²) in [6.45, 7) is 0. The molecule has 0 heterocycles. The van der Waals surface area contributed by atoms with Crippen LogP contribution in [0.4, 0.5) is 0 Å². The molecule has 0 aromatic carbocycles. The van der Waals surface area contributed by atoms with Gasteiger partial charge in [0.15, 0.2) is 0 Å². The first kappa shape index (κ1) is 23.8. The van der Waals surface area contributed by atoms with E-state index in [-0.39, 0.29) is 65.0 Å². The molecule has 0 spiro atoms. The first-order valence-electron chi connectivity index (χ1n) is 1.41. The molecular formula is HCrO8PSrZn. The molecule has 0 aliphatic rings. The van der Waals surface area contributed by atoms with E-state index in [0.717, 1.165) is 0 Å². The zero-order valence-electron chi connectivity index (χ0n) is 5.57. The van der Waals surface area contributed by atoms with Gasteiger partial charge in [0.25, 0.3) is 0 Å². The van der Waals surface area contributed by atoms with E-state index in [2.05, 4.69) is 0 Å². The van der Waals surface area contributed by atoms with E-state index in [9.17, 15) is 0 Å². The number of phosphoric acid groups is 1. The summed E-state index contributed by atoms with van der Waals surface area (Å²) >= 11 is -5.50. The Morgan fingerprint density at radius 3 is 1.17 bits per heavy atom. The van der Waals surface area contributed by atoms with E-state index in [1.54, 1.807) is 0 Å². The molecule has 0 amide bonds. The van der Waals surface area contributed by atoms with Crippen molar-refractivity contribution in [3.8, 4) is 0 Å². The molecule has 0 aromatic heterocycles. The van der Waals surface area contributed by atoms with E-state index < -0.39 is 21.4 Å². The number of hydrogen-bond donors (Lipinski definition) is 1. The first-order valence-corrected chi connectivity index (χ1v) is 5.01. The van der Waals surface area contributed by atoms with Gasteiger partial charge in [0.1, 0.15) is 0 Å². The summed E-state index contributed by atoms with van der Waals surface area (Å²) in [5.74, 6) is 0. The molecule has 0 radical (unpaired) electrons. The van der Waals surface area contributed by atoms with Crippen LogP contribution in [-0.4, -0.2) is 49.6 Å². The van der Waals surface area contributed by atoms with Crippen molar-refractivity contribution in [1.82, 2.24) is 0 Å². The van der Waals surface area contributed by atoms with Crippen molar-refractivity contribution in [2.45, 2.75) is 0 Å². The van der Waals surface area contributed by atoms with Crippen molar-refractivity contribution in [2.75, 3.05) is 0 Å². The fraction of sp³-hybridized carbons (Fsp3) is 0. The van der Waals surface area contributed by atoms with E-state index in [4.69, 9.17) is 35.2 Å². The minimum absolute atomic E-state index is 0. The second kappa shape index (κ2) is 9.81. The van der Waals surface area contributed by atoms with Crippen LogP contribution in [0, 0.1) is 0 Å². The molecular weight excluding hydrogens is 364 g/mol. The van der Waals surface area contributed by atoms with Gasteiger partial charge >= 0.3 is 94.5 Å². The Labute approximate surface area is 120 Å². The predicted octanol–water partition coefficient (Wildman–Crippen LogP) is -5.19. The van der Waals surface area contributed by atoms with E-state index in [0.29, 0.717) is 0 Å². The van der Waals surface area contributed by atoms with Crippen molar-refractivity contribution in [2.24, 2.45) is 0 Å². The average molecular weight is 365 g/mol. The monoisotopic (exact) mass is 364 g/mol. The van der Waals surface area contributed by atoms with Gasteiger partial charge in [-0.3, -0.25) is 0 Å². The Morgan fingerprint density at radius 2 is 1.17 bits per heavy atom. The van der Waals surface area contributed by atoms with Crippen molar-refractivity contribution in [3.63, 3.8) is 0 Å². The SMILES string of the molecule is O=P([O-])([O-])[O-].[O]=[Cr](=[O])([O-])[OH].[Sr+2].[Zn+2]. The molecule has 0 bridgehead atoms. The fourth-order valence-corrected chi connectivity index (χ4v) is 0. The van der Waals surface area contributed by atoms with Crippen LogP contribution in [0.3, 0.4) is 0 Å². The molecule has 12 heavy (non-hydrogen) atoms. The molecule has 12 heteroatoms. The summed E-state index contributed by atoms with van der Waals surface area (Å²) < 4.78 is 41.7. The second-order valence-corrected chi connectivity index (χ2v) is 3.11. The van der Waals surface area contributed by atoms with E-state index in [1.165, 1.54) is 0 Å². The van der Waals surface area contributed by atoms with Gasteiger partial charge in [-0.15, -0.1) is 0 Å². The van der Waals surface area contributed by atoms with Crippen LogP contribution >= 0.6 is 7.82 Å². The first-order chi connectivity index (χ1) is 4.00. The Morgan fingerprint density at radius 1 is 1.17 bits per heavy atom. The number of rotatable bonds is 0. The minimum atomic E-state index is -5.50. The summed E-state index contributed by atoms with van der Waals surface area (Å²) in [5.41, 5.74) is 0. The van der Waals surface area contributed by atoms with Crippen LogP contribution in [0.5, 0.6) is 0 Å². The molecule has 0 fully saturated rings. The summed E-state index contributed by atoms with van der Waals surface area (Å²) in [6, 6.07) is 0. The second-order valence-electron chi connectivity index (χ2n) is 0.875. The zero-order valence-corrected chi connectivity index (χ0v) is 14.2. The van der Waals surface area contributed by atoms with Crippen LogP contribution in [-0.2, 0) is 45.3 Å². The molecule has 0 saturated heterocycles. The predicted molar refractivity (Wildman–Crippen MR) is 17.0 cm³/mol. The Balaban J connectivity index is -0.0000000457. The van der Waals surface area contributed by atoms with E-state index >= 15 is 0 Å². The fourth-order valence-electron chi connectivity index (χ4n) is 0. The van der Waals surface area contributed by atoms with Gasteiger partial charge < -0.3 is 19.2 Å². The maximum atomic E-state index is 8.70. The Bertz CT molecular complexity index is 197. The minimum Gasteiger partial charge on any atom is 2.00 e. The van der Waals surface area contributed by atoms with Crippen LogP contribution in [0.15, 0.2) is 0 Å². The van der Waals surface area contributed by atoms with Gasteiger partial charge in [-0.1, -0.05) is 0 Å². The summed E-state index contributed by atoms with van der Waals surface area (Å²) in [5, 5.41) is 0. The van der Waals surface area contributed by atoms with Gasteiger partial charge in [-0.2, -0.15) is 7.82 Å². The largest absolute Gasteiger partial charge is 2.00 e. The van der Waals surface area contributed by atoms with Crippen LogP contribution in [0.2, 0.25) is 0 Å². The van der Waals surface area contributed by atoms with Gasteiger partial charge in [0.2, 0.25) is 0 Å². The molecule has 0 aliphatic heterocycles. The third-order valence-corrected chi connectivity index (χ3v) is 0. The molecule has 0 aromatic rings. The van der Waals surface area contributed by atoms with Gasteiger partial charge in [-0.05, 0) is 0 Å². The third-order valence-electron chi connectivity index (χ3n) is 0. The number of hydrogen-bond acceptors (Lipinski definition) is 7. The summed E-state index contributed by atoms with van der Waals surface area (Å²) in [7, 11) is -5.39. The molecule has 0 atom stereocenters. The Hall–Kier alpha value is 2.27. The smallest absolute Gasteiger partial charge is 2.00 e. The molecule has 0 unspecified atom stereocenters. The topological polar surface area (TPSA) is 164 Å². The van der Waals surface area contributed by atoms with Crippen LogP contribution < -0.4 is 18.8 Å². The maximum absolute atomic E-state index is 8.70. The summed E-state index contributed by atoms with van der Waals surface area (Å²) in [4.78, 5) is 25.6. The summed E-state index contributed by atoms with van der Waals surface area (Å²) in [6.07, 6.45) is 0. The van der Waals surface area contributed by atoms with Crippen LogP contribution in [0.1, 0.15) is 0 Å². The van der Waals surface area contributed by atoms with Gasteiger partial charge in [0, 0.05) is 0 Å². The van der Waals surface area contributed by atoms with Gasteiger partial charge in [0.05, 0.1) is 0 Å². The molecule has 1 N–H and O–H groups in total. The van der Waals surface area contributed by atoms with Crippen molar-refractivity contribution in [1.29, 1.82) is 0 Å². The van der Waals surface area contributed by atoms with Crippen molar-refractivity contribution >= 4 is 53.3 Å². The third kappa shape index (κ3) is 303. The van der Waals surface area contributed by atoms with Gasteiger partial charge in [-0.25, -0.2) is 0 Å². The molecule has 0 rings (SSSR count). The molecule has 0 saturated carbocycles.